The number of cyclic esters (lactones) is 1. The molecule has 1 heterocycles. The number of allylic oxidation sites excluding steroid dienone is 2. The van der Waals surface area contributed by atoms with Gasteiger partial charge in [0.2, 0.25) is 0 Å². The van der Waals surface area contributed by atoms with E-state index < -0.39 is 0 Å². The van der Waals surface area contributed by atoms with Crippen LogP contribution in [0.2, 0.25) is 0 Å². The summed E-state index contributed by atoms with van der Waals surface area (Å²) in [4.78, 5) is 11.7. The van der Waals surface area contributed by atoms with Crippen LogP contribution in [0.15, 0.2) is 22.8 Å². The van der Waals surface area contributed by atoms with Gasteiger partial charge in [0.15, 0.2) is 0 Å². The van der Waals surface area contributed by atoms with Crippen LogP contribution >= 0.6 is 11.6 Å². The Balaban J connectivity index is 1.79. The Hall–Kier alpha value is -0.760. The fourth-order valence-corrected chi connectivity index (χ4v) is 6.03. The van der Waals surface area contributed by atoms with Crippen LogP contribution in [0.3, 0.4) is 0 Å². The van der Waals surface area contributed by atoms with Crippen molar-refractivity contribution in [2.45, 2.75) is 46.0 Å². The lowest BCUT2D eigenvalue weighted by Crippen LogP contribution is -2.50. The maximum Gasteiger partial charge on any atom is 0.350 e. The Morgan fingerprint density at radius 2 is 2.05 bits per heavy atom. The Labute approximate surface area is 131 Å². The zero-order valence-corrected chi connectivity index (χ0v) is 13.6. The van der Waals surface area contributed by atoms with E-state index in [2.05, 4.69) is 26.0 Å². The lowest BCUT2D eigenvalue weighted by atomic mass is 9.51. The first-order chi connectivity index (χ1) is 9.96. The van der Waals surface area contributed by atoms with Gasteiger partial charge in [0.25, 0.3) is 0 Å². The van der Waals surface area contributed by atoms with Gasteiger partial charge in [-0.2, -0.15) is 0 Å². The van der Waals surface area contributed by atoms with Gasteiger partial charge in [0.05, 0.1) is 0 Å². The van der Waals surface area contributed by atoms with E-state index in [0.717, 1.165) is 11.5 Å². The van der Waals surface area contributed by atoms with Crippen molar-refractivity contribution in [3.8, 4) is 0 Å². The van der Waals surface area contributed by atoms with Crippen molar-refractivity contribution in [2.75, 3.05) is 6.61 Å². The van der Waals surface area contributed by atoms with Gasteiger partial charge in [-0.15, -0.1) is 0 Å². The first kappa shape index (κ1) is 13.9. The Morgan fingerprint density at radius 3 is 2.86 bits per heavy atom. The molecule has 0 aromatic heterocycles. The number of carbonyl (C=O) groups excluding carboxylic acids is 1. The zero-order valence-electron chi connectivity index (χ0n) is 12.8. The minimum atomic E-state index is -0.353. The van der Waals surface area contributed by atoms with E-state index in [-0.39, 0.29) is 11.4 Å². The molecule has 0 N–H and O–H groups in total. The fraction of sp³-hybridized carbons (Fsp3) is 0.722. The van der Waals surface area contributed by atoms with E-state index in [1.807, 2.05) is 0 Å². The number of carbonyl (C=O) groups is 1. The Bertz CT molecular complexity index is 564. The fourth-order valence-electron chi connectivity index (χ4n) is 5.69. The second-order valence-corrected chi connectivity index (χ2v) is 8.33. The minimum absolute atomic E-state index is 0.0890. The predicted molar refractivity (Wildman–Crippen MR) is 82.7 cm³/mol. The van der Waals surface area contributed by atoms with Gasteiger partial charge in [-0.05, 0) is 54.4 Å². The molecule has 3 aliphatic carbocycles. The van der Waals surface area contributed by atoms with Gasteiger partial charge in [0.1, 0.15) is 11.6 Å². The highest BCUT2D eigenvalue weighted by Crippen LogP contribution is 2.63. The molecule has 0 aromatic rings. The van der Waals surface area contributed by atoms with Crippen molar-refractivity contribution in [3.63, 3.8) is 0 Å². The summed E-state index contributed by atoms with van der Waals surface area (Å²) in [7, 11) is 0. The molecule has 2 saturated carbocycles. The van der Waals surface area contributed by atoms with Crippen molar-refractivity contribution < 1.29 is 9.53 Å². The smallest absolute Gasteiger partial charge is 0.350 e. The molecule has 0 aromatic carbocycles. The molecule has 0 radical (unpaired) electrons. The maximum atomic E-state index is 11.7. The van der Waals surface area contributed by atoms with Gasteiger partial charge in [0, 0.05) is 5.41 Å². The molecular formula is C18H23ClO2. The van der Waals surface area contributed by atoms with Crippen LogP contribution in [0, 0.1) is 28.6 Å². The molecular weight excluding hydrogens is 284 g/mol. The molecule has 0 spiro atoms. The highest BCUT2D eigenvalue weighted by atomic mass is 35.5. The summed E-state index contributed by atoms with van der Waals surface area (Å²) < 4.78 is 5.39. The number of ether oxygens (including phenoxy) is 1. The minimum Gasteiger partial charge on any atom is -0.460 e. The summed E-state index contributed by atoms with van der Waals surface area (Å²) in [5, 5.41) is 0.304. The quantitative estimate of drug-likeness (QED) is 0.618. The van der Waals surface area contributed by atoms with Crippen molar-refractivity contribution in [1.82, 2.24) is 0 Å². The molecule has 5 atom stereocenters. The largest absolute Gasteiger partial charge is 0.460 e. The molecule has 4 rings (SSSR count). The second kappa shape index (κ2) is 4.38. The van der Waals surface area contributed by atoms with Crippen LogP contribution in [0.25, 0.3) is 0 Å². The highest BCUT2D eigenvalue weighted by Gasteiger charge is 2.56. The summed E-state index contributed by atoms with van der Waals surface area (Å²) in [5.41, 5.74) is 1.45. The molecule has 2 fully saturated rings. The van der Waals surface area contributed by atoms with Gasteiger partial charge in [-0.3, -0.25) is 0 Å². The standard InChI is InChI=1S/C18H23ClO2/c1-17-8-3-4-12(17)11-5-6-14-15(19)16(20)21-10-18(14,2)13(11)7-9-17/h5-6,11-13H,3-4,7-10H2,1-2H3. The van der Waals surface area contributed by atoms with Gasteiger partial charge < -0.3 is 4.74 Å². The van der Waals surface area contributed by atoms with Crippen molar-refractivity contribution in [1.29, 1.82) is 0 Å². The number of halogens is 1. The van der Waals surface area contributed by atoms with E-state index >= 15 is 0 Å². The average molecular weight is 307 g/mol. The van der Waals surface area contributed by atoms with Gasteiger partial charge in [-0.1, -0.05) is 44.0 Å². The molecule has 2 nitrogen and oxygen atoms in total. The monoisotopic (exact) mass is 306 g/mol. The van der Waals surface area contributed by atoms with Crippen LogP contribution in [0.5, 0.6) is 0 Å². The Morgan fingerprint density at radius 1 is 1.24 bits per heavy atom. The normalized spacial score (nSPS) is 48.5. The summed E-state index contributed by atoms with van der Waals surface area (Å²) in [6.07, 6.45) is 11.1. The molecule has 4 aliphatic rings. The molecule has 5 unspecified atom stereocenters. The highest BCUT2D eigenvalue weighted by molar-refractivity contribution is 6.42. The Kier molecular flexibility index (Phi) is 2.89. The molecule has 114 valence electrons. The first-order valence-corrected chi connectivity index (χ1v) is 8.59. The third-order valence-corrected chi connectivity index (χ3v) is 7.31. The maximum absolute atomic E-state index is 11.7. The summed E-state index contributed by atoms with van der Waals surface area (Å²) in [5.74, 6) is 1.63. The number of hydrogen-bond acceptors (Lipinski definition) is 2. The molecule has 1 aliphatic heterocycles. The van der Waals surface area contributed by atoms with Crippen LogP contribution < -0.4 is 0 Å². The van der Waals surface area contributed by atoms with Crippen molar-refractivity contribution in [3.05, 3.63) is 22.8 Å². The van der Waals surface area contributed by atoms with Gasteiger partial charge in [-0.25, -0.2) is 4.79 Å². The predicted octanol–water partition coefficient (Wildman–Crippen LogP) is 4.44. The van der Waals surface area contributed by atoms with E-state index in [0.29, 0.717) is 28.9 Å². The lowest BCUT2D eigenvalue weighted by Gasteiger charge is -2.54. The van der Waals surface area contributed by atoms with Crippen molar-refractivity contribution >= 4 is 17.6 Å². The summed E-state index contributed by atoms with van der Waals surface area (Å²) >= 11 is 6.25. The van der Waals surface area contributed by atoms with Crippen LogP contribution in [0.1, 0.15) is 46.0 Å². The van der Waals surface area contributed by atoms with E-state index in [1.165, 1.54) is 32.1 Å². The third-order valence-electron chi connectivity index (χ3n) is 6.95. The number of fused-ring (bicyclic) bond motifs is 5. The van der Waals surface area contributed by atoms with Crippen LogP contribution in [-0.4, -0.2) is 12.6 Å². The average Bonchev–Trinajstić information content (AvgIpc) is 2.85. The van der Waals surface area contributed by atoms with E-state index in [9.17, 15) is 4.79 Å². The van der Waals surface area contributed by atoms with E-state index in [4.69, 9.17) is 16.3 Å². The molecule has 0 bridgehead atoms. The summed E-state index contributed by atoms with van der Waals surface area (Å²) in [6.45, 7) is 5.22. The zero-order chi connectivity index (χ0) is 14.8. The van der Waals surface area contributed by atoms with Crippen LogP contribution in [0.4, 0.5) is 0 Å². The van der Waals surface area contributed by atoms with E-state index in [1.54, 1.807) is 0 Å². The lowest BCUT2D eigenvalue weighted by molar-refractivity contribution is -0.146. The summed E-state index contributed by atoms with van der Waals surface area (Å²) in [6, 6.07) is 0. The first-order valence-electron chi connectivity index (χ1n) is 8.21. The topological polar surface area (TPSA) is 26.3 Å². The third kappa shape index (κ3) is 1.75. The SMILES string of the molecule is CC12CCCC1C1C=CC3=C(Cl)C(=O)OCC3(C)C1CC2. The second-order valence-electron chi connectivity index (χ2n) is 7.96. The molecule has 0 amide bonds. The molecule has 21 heavy (non-hydrogen) atoms. The van der Waals surface area contributed by atoms with Gasteiger partial charge >= 0.3 is 5.97 Å². The molecule has 3 heteroatoms. The van der Waals surface area contributed by atoms with Crippen LogP contribution in [-0.2, 0) is 9.53 Å². The molecule has 0 saturated heterocycles. The number of esters is 1. The number of hydrogen-bond donors (Lipinski definition) is 0. The van der Waals surface area contributed by atoms with Crippen molar-refractivity contribution in [2.24, 2.45) is 28.6 Å². The number of rotatable bonds is 0.